The fraction of sp³-hybridized carbons (Fsp3) is 0.238. The van der Waals surface area contributed by atoms with Gasteiger partial charge in [0.05, 0.1) is 11.3 Å². The Hall–Kier alpha value is -2.72. The van der Waals surface area contributed by atoms with Gasteiger partial charge in [0, 0.05) is 6.61 Å². The van der Waals surface area contributed by atoms with Crippen molar-refractivity contribution in [1.82, 2.24) is 0 Å². The number of carbonyl (C=O) groups is 2. The summed E-state index contributed by atoms with van der Waals surface area (Å²) in [6, 6.07) is 18.7. The van der Waals surface area contributed by atoms with Gasteiger partial charge in [0.1, 0.15) is 0 Å². The second-order valence-corrected chi connectivity index (χ2v) is 6.38. The fourth-order valence-corrected chi connectivity index (χ4v) is 3.56. The third-order valence-electron chi connectivity index (χ3n) is 4.81. The lowest BCUT2D eigenvalue weighted by molar-refractivity contribution is -0.140. The number of nitrogens with zero attached hydrogens (tertiary/aromatic N) is 1. The number of para-hydroxylation sites is 1. The van der Waals surface area contributed by atoms with Gasteiger partial charge in [-0.15, -0.1) is 0 Å². The van der Waals surface area contributed by atoms with Crippen molar-refractivity contribution in [2.45, 2.75) is 24.9 Å². The van der Waals surface area contributed by atoms with E-state index in [9.17, 15) is 9.59 Å². The van der Waals surface area contributed by atoms with Gasteiger partial charge in [-0.05, 0) is 43.0 Å². The molecule has 4 nitrogen and oxygen atoms in total. The number of hydrogen-bond acceptors (Lipinski definition) is 3. The number of rotatable bonds is 2. The van der Waals surface area contributed by atoms with Crippen molar-refractivity contribution in [3.8, 4) is 0 Å². The molecule has 2 aliphatic heterocycles. The maximum Gasteiger partial charge on any atom is 0.271 e. The number of imide groups is 1. The predicted octanol–water partition coefficient (Wildman–Crippen LogP) is 3.58. The monoisotopic (exact) mass is 333 g/mol. The Morgan fingerprint density at radius 3 is 2.24 bits per heavy atom. The van der Waals surface area contributed by atoms with Gasteiger partial charge < -0.3 is 4.74 Å². The lowest BCUT2D eigenvalue weighted by atomic mass is 9.87. The van der Waals surface area contributed by atoms with Crippen molar-refractivity contribution in [2.75, 3.05) is 11.5 Å². The molecule has 2 heterocycles. The summed E-state index contributed by atoms with van der Waals surface area (Å²) in [5.74, 6) is -0.562. The summed E-state index contributed by atoms with van der Waals surface area (Å²) in [4.78, 5) is 27.6. The minimum absolute atomic E-state index is 0.273. The molecule has 4 rings (SSSR count). The van der Waals surface area contributed by atoms with E-state index in [1.165, 1.54) is 4.90 Å². The average Bonchev–Trinajstić information content (AvgIpc) is 2.85. The number of carbonyl (C=O) groups excluding carboxylic acids is 2. The molecule has 0 saturated carbocycles. The van der Waals surface area contributed by atoms with Crippen molar-refractivity contribution >= 4 is 23.6 Å². The first-order valence-electron chi connectivity index (χ1n) is 8.57. The van der Waals surface area contributed by atoms with Crippen molar-refractivity contribution in [2.24, 2.45) is 0 Å². The Morgan fingerprint density at radius 2 is 1.60 bits per heavy atom. The van der Waals surface area contributed by atoms with E-state index in [0.29, 0.717) is 24.3 Å². The minimum Gasteiger partial charge on any atom is -0.360 e. The zero-order valence-electron chi connectivity index (χ0n) is 13.9. The quantitative estimate of drug-likeness (QED) is 0.623. The highest BCUT2D eigenvalue weighted by atomic mass is 16.5. The van der Waals surface area contributed by atoms with Crippen molar-refractivity contribution < 1.29 is 14.3 Å². The van der Waals surface area contributed by atoms with Crippen LogP contribution in [0.25, 0.3) is 6.08 Å². The first kappa shape index (κ1) is 15.8. The molecule has 25 heavy (non-hydrogen) atoms. The lowest BCUT2D eigenvalue weighted by Crippen LogP contribution is -2.45. The predicted molar refractivity (Wildman–Crippen MR) is 95.9 cm³/mol. The highest BCUT2D eigenvalue weighted by Crippen LogP contribution is 2.42. The second kappa shape index (κ2) is 6.30. The molecule has 4 heteroatoms. The van der Waals surface area contributed by atoms with E-state index in [0.717, 1.165) is 18.4 Å². The number of ether oxygens (including phenoxy) is 1. The maximum absolute atomic E-state index is 13.2. The van der Waals surface area contributed by atoms with Crippen LogP contribution in [0, 0.1) is 0 Å². The third kappa shape index (κ3) is 2.59. The van der Waals surface area contributed by atoms with Crippen LogP contribution in [0.3, 0.4) is 0 Å². The summed E-state index contributed by atoms with van der Waals surface area (Å²) in [7, 11) is 0. The van der Waals surface area contributed by atoms with Crippen molar-refractivity contribution in [3.05, 3.63) is 71.8 Å². The molecule has 0 aliphatic carbocycles. The first-order chi connectivity index (χ1) is 12.2. The summed E-state index contributed by atoms with van der Waals surface area (Å²) in [5, 5.41) is 0. The van der Waals surface area contributed by atoms with Crippen LogP contribution in [0.15, 0.2) is 66.2 Å². The fourth-order valence-electron chi connectivity index (χ4n) is 3.56. The smallest absolute Gasteiger partial charge is 0.271 e. The molecule has 2 aromatic carbocycles. The Kier molecular flexibility index (Phi) is 3.98. The molecule has 0 radical (unpaired) electrons. The van der Waals surface area contributed by atoms with E-state index < -0.39 is 5.60 Å². The maximum atomic E-state index is 13.2. The number of hydrogen-bond donors (Lipinski definition) is 0. The van der Waals surface area contributed by atoms with Gasteiger partial charge in [0.2, 0.25) is 0 Å². The Bertz CT molecular complexity index is 821. The molecular weight excluding hydrogens is 314 g/mol. The largest absolute Gasteiger partial charge is 0.360 e. The Morgan fingerprint density at radius 1 is 0.920 bits per heavy atom. The molecule has 2 fully saturated rings. The Balaban J connectivity index is 1.84. The van der Waals surface area contributed by atoms with Crippen LogP contribution in [0.4, 0.5) is 5.69 Å². The van der Waals surface area contributed by atoms with Crippen LogP contribution in [-0.4, -0.2) is 24.0 Å². The zero-order chi connectivity index (χ0) is 17.3. The van der Waals surface area contributed by atoms with Crippen LogP contribution in [0.1, 0.15) is 24.8 Å². The molecule has 0 bridgehead atoms. The zero-order valence-corrected chi connectivity index (χ0v) is 13.9. The minimum atomic E-state index is -1.15. The van der Waals surface area contributed by atoms with Crippen LogP contribution < -0.4 is 4.90 Å². The van der Waals surface area contributed by atoms with E-state index >= 15 is 0 Å². The third-order valence-corrected chi connectivity index (χ3v) is 4.81. The molecule has 2 aromatic rings. The van der Waals surface area contributed by atoms with Crippen LogP contribution >= 0.6 is 0 Å². The molecular formula is C21H19NO3. The van der Waals surface area contributed by atoms with Gasteiger partial charge in [-0.3, -0.25) is 9.59 Å². The van der Waals surface area contributed by atoms with E-state index in [2.05, 4.69) is 0 Å². The molecule has 0 aromatic heterocycles. The van der Waals surface area contributed by atoms with Crippen LogP contribution in [0.5, 0.6) is 0 Å². The van der Waals surface area contributed by atoms with Gasteiger partial charge in [-0.1, -0.05) is 48.5 Å². The normalized spacial score (nSPS) is 25.1. The highest BCUT2D eigenvalue weighted by molar-refractivity contribution is 6.33. The molecule has 126 valence electrons. The number of amides is 2. The molecule has 1 unspecified atom stereocenters. The number of benzene rings is 2. The molecule has 0 N–H and O–H groups in total. The SMILES string of the molecule is O=C1C(=Cc2ccccc2)C2(CCCCO2)C(=O)N1c1ccccc1. The van der Waals surface area contributed by atoms with E-state index in [-0.39, 0.29) is 11.8 Å². The molecule has 1 spiro atoms. The van der Waals surface area contributed by atoms with E-state index in [1.807, 2.05) is 48.5 Å². The molecule has 1 atom stereocenters. The summed E-state index contributed by atoms with van der Waals surface area (Å²) >= 11 is 0. The van der Waals surface area contributed by atoms with Gasteiger partial charge in [0.15, 0.2) is 5.60 Å². The standard InChI is InChI=1S/C21H19NO3/c23-19-18(15-16-9-3-1-4-10-16)21(13-7-8-14-25-21)20(24)22(19)17-11-5-2-6-12-17/h1-6,9-12,15H,7-8,13-14H2. The summed E-state index contributed by atoms with van der Waals surface area (Å²) in [6.07, 6.45) is 4.12. The molecule has 2 saturated heterocycles. The highest BCUT2D eigenvalue weighted by Gasteiger charge is 2.57. The average molecular weight is 333 g/mol. The van der Waals surface area contributed by atoms with E-state index in [4.69, 9.17) is 4.74 Å². The summed E-state index contributed by atoms with van der Waals surface area (Å²) < 4.78 is 5.97. The van der Waals surface area contributed by atoms with E-state index in [1.54, 1.807) is 18.2 Å². The molecule has 2 amide bonds. The second-order valence-electron chi connectivity index (χ2n) is 6.38. The van der Waals surface area contributed by atoms with Gasteiger partial charge >= 0.3 is 0 Å². The Labute approximate surface area is 146 Å². The van der Waals surface area contributed by atoms with Gasteiger partial charge in [-0.25, -0.2) is 4.90 Å². The van der Waals surface area contributed by atoms with Gasteiger partial charge in [0.25, 0.3) is 11.8 Å². The summed E-state index contributed by atoms with van der Waals surface area (Å²) in [6.45, 7) is 0.494. The van der Waals surface area contributed by atoms with Gasteiger partial charge in [-0.2, -0.15) is 0 Å². The summed E-state index contributed by atoms with van der Waals surface area (Å²) in [5.41, 5.74) is 0.762. The molecule has 2 aliphatic rings. The lowest BCUT2D eigenvalue weighted by Gasteiger charge is -2.32. The van der Waals surface area contributed by atoms with Crippen molar-refractivity contribution in [3.63, 3.8) is 0 Å². The number of anilines is 1. The first-order valence-corrected chi connectivity index (χ1v) is 8.57. The van der Waals surface area contributed by atoms with Crippen LogP contribution in [0.2, 0.25) is 0 Å². The van der Waals surface area contributed by atoms with Crippen LogP contribution in [-0.2, 0) is 14.3 Å². The van der Waals surface area contributed by atoms with Crippen molar-refractivity contribution in [1.29, 1.82) is 0 Å². The topological polar surface area (TPSA) is 46.6 Å².